The number of benzene rings is 3. The van der Waals surface area contributed by atoms with Crippen molar-refractivity contribution >= 4 is 35.0 Å². The molecule has 166 valence electrons. The molecular formula is C25H26N2O4S. The van der Waals surface area contributed by atoms with Gasteiger partial charge in [0.1, 0.15) is 11.5 Å². The topological polar surface area (TPSA) is 76.7 Å². The van der Waals surface area contributed by atoms with Crippen molar-refractivity contribution in [3.8, 4) is 11.5 Å². The quantitative estimate of drug-likeness (QED) is 0.451. The van der Waals surface area contributed by atoms with Crippen molar-refractivity contribution < 1.29 is 19.1 Å². The van der Waals surface area contributed by atoms with E-state index in [4.69, 9.17) is 9.47 Å². The third-order valence-electron chi connectivity index (χ3n) is 4.80. The summed E-state index contributed by atoms with van der Waals surface area (Å²) in [5, 5.41) is 5.47. The normalized spacial score (nSPS) is 11.4. The summed E-state index contributed by atoms with van der Waals surface area (Å²) >= 11 is 1.43. The van der Waals surface area contributed by atoms with Crippen LogP contribution in [0.3, 0.4) is 0 Å². The molecular weight excluding hydrogens is 424 g/mol. The monoisotopic (exact) mass is 450 g/mol. The van der Waals surface area contributed by atoms with Crippen LogP contribution in [0.2, 0.25) is 0 Å². The summed E-state index contributed by atoms with van der Waals surface area (Å²) in [7, 11) is 3.12. The maximum absolute atomic E-state index is 12.6. The first-order valence-corrected chi connectivity index (χ1v) is 10.9. The highest BCUT2D eigenvalue weighted by molar-refractivity contribution is 8.00. The van der Waals surface area contributed by atoms with Gasteiger partial charge >= 0.3 is 0 Å². The van der Waals surface area contributed by atoms with E-state index in [0.717, 1.165) is 10.5 Å². The van der Waals surface area contributed by atoms with Crippen molar-refractivity contribution in [2.24, 2.45) is 0 Å². The van der Waals surface area contributed by atoms with Gasteiger partial charge in [-0.3, -0.25) is 9.59 Å². The lowest BCUT2D eigenvalue weighted by atomic mass is 10.1. The van der Waals surface area contributed by atoms with Crippen molar-refractivity contribution in [2.75, 3.05) is 24.9 Å². The number of rotatable bonds is 8. The van der Waals surface area contributed by atoms with Gasteiger partial charge in [-0.15, -0.1) is 11.8 Å². The second-order valence-electron chi connectivity index (χ2n) is 7.14. The molecule has 2 N–H and O–H groups in total. The van der Waals surface area contributed by atoms with Gasteiger partial charge in [0.15, 0.2) is 0 Å². The second-order valence-corrected chi connectivity index (χ2v) is 8.56. The third kappa shape index (κ3) is 6.04. The molecule has 7 heteroatoms. The maximum Gasteiger partial charge on any atom is 0.255 e. The van der Waals surface area contributed by atoms with E-state index in [9.17, 15) is 9.59 Å². The summed E-state index contributed by atoms with van der Waals surface area (Å²) < 4.78 is 10.5. The van der Waals surface area contributed by atoms with E-state index >= 15 is 0 Å². The van der Waals surface area contributed by atoms with Gasteiger partial charge in [0.05, 0.1) is 19.5 Å². The molecule has 6 nitrogen and oxygen atoms in total. The predicted molar refractivity (Wildman–Crippen MR) is 129 cm³/mol. The number of nitrogens with one attached hydrogen (secondary N) is 2. The summed E-state index contributed by atoms with van der Waals surface area (Å²) in [6, 6.07) is 20.1. The number of ether oxygens (including phenoxy) is 2. The Hall–Kier alpha value is -3.45. The number of carbonyl (C=O) groups excluding carboxylic acids is 2. The number of anilines is 2. The fourth-order valence-corrected chi connectivity index (χ4v) is 3.89. The van der Waals surface area contributed by atoms with Crippen LogP contribution < -0.4 is 20.1 Å². The highest BCUT2D eigenvalue weighted by Crippen LogP contribution is 2.28. The van der Waals surface area contributed by atoms with E-state index in [1.54, 1.807) is 38.5 Å². The van der Waals surface area contributed by atoms with Gasteiger partial charge in [-0.05, 0) is 49.7 Å². The molecule has 1 atom stereocenters. The molecule has 2 amide bonds. The number of hydrogen-bond acceptors (Lipinski definition) is 5. The van der Waals surface area contributed by atoms with E-state index in [2.05, 4.69) is 10.6 Å². The zero-order chi connectivity index (χ0) is 23.1. The lowest BCUT2D eigenvalue weighted by molar-refractivity contribution is -0.115. The van der Waals surface area contributed by atoms with E-state index < -0.39 is 0 Å². The van der Waals surface area contributed by atoms with Crippen LogP contribution in [0.4, 0.5) is 11.4 Å². The Labute approximate surface area is 192 Å². The molecule has 0 heterocycles. The van der Waals surface area contributed by atoms with Crippen LogP contribution >= 0.6 is 11.8 Å². The number of aryl methyl sites for hydroxylation is 1. The molecule has 0 saturated carbocycles. The Bertz CT molecular complexity index is 1080. The van der Waals surface area contributed by atoms with Crippen molar-refractivity contribution in [2.45, 2.75) is 24.0 Å². The molecule has 0 aliphatic heterocycles. The standard InChI is InChI=1S/C25H26N2O4S/c1-16-7-5-6-8-23(16)25(29)26-18-9-11-22(12-10-18)32-17(2)24(28)27-19-13-20(30-3)15-21(14-19)31-4/h5-15,17H,1-4H3,(H,26,29)(H,27,28). The lowest BCUT2D eigenvalue weighted by Crippen LogP contribution is -2.22. The van der Waals surface area contributed by atoms with Gasteiger partial charge in [-0.25, -0.2) is 0 Å². The molecule has 0 aromatic heterocycles. The Morgan fingerprint density at radius 2 is 1.47 bits per heavy atom. The number of methoxy groups -OCH3 is 2. The average Bonchev–Trinajstić information content (AvgIpc) is 2.80. The fraction of sp³-hybridized carbons (Fsp3) is 0.200. The van der Waals surface area contributed by atoms with Crippen molar-refractivity contribution in [1.82, 2.24) is 0 Å². The first kappa shape index (κ1) is 23.2. The molecule has 0 bridgehead atoms. The lowest BCUT2D eigenvalue weighted by Gasteiger charge is -2.14. The van der Waals surface area contributed by atoms with Gasteiger partial charge in [-0.1, -0.05) is 18.2 Å². The van der Waals surface area contributed by atoms with Gasteiger partial charge in [0, 0.05) is 40.0 Å². The highest BCUT2D eigenvalue weighted by atomic mass is 32.2. The zero-order valence-electron chi connectivity index (χ0n) is 18.5. The van der Waals surface area contributed by atoms with Crippen molar-refractivity contribution in [3.05, 3.63) is 77.9 Å². The molecule has 3 aromatic rings. The molecule has 0 aliphatic carbocycles. The minimum Gasteiger partial charge on any atom is -0.497 e. The predicted octanol–water partition coefficient (Wildman–Crippen LogP) is 5.38. The second kappa shape index (κ2) is 10.7. The van der Waals surface area contributed by atoms with E-state index in [1.165, 1.54) is 11.8 Å². The van der Waals surface area contributed by atoms with Gasteiger partial charge in [-0.2, -0.15) is 0 Å². The molecule has 1 unspecified atom stereocenters. The first-order valence-electron chi connectivity index (χ1n) is 10.1. The van der Waals surface area contributed by atoms with Crippen molar-refractivity contribution in [1.29, 1.82) is 0 Å². The van der Waals surface area contributed by atoms with Crippen LogP contribution in [-0.2, 0) is 4.79 Å². The molecule has 0 spiro atoms. The molecule has 0 saturated heterocycles. The first-order chi connectivity index (χ1) is 15.4. The minimum absolute atomic E-state index is 0.137. The van der Waals surface area contributed by atoms with Crippen LogP contribution in [0.25, 0.3) is 0 Å². The maximum atomic E-state index is 12.6. The summed E-state index contributed by atoms with van der Waals surface area (Å²) in [4.78, 5) is 26.0. The Morgan fingerprint density at radius 1 is 0.844 bits per heavy atom. The van der Waals surface area contributed by atoms with Crippen LogP contribution in [-0.4, -0.2) is 31.3 Å². The summed E-state index contributed by atoms with van der Waals surface area (Å²) in [5.74, 6) is 0.916. The smallest absolute Gasteiger partial charge is 0.255 e. The zero-order valence-corrected chi connectivity index (χ0v) is 19.3. The fourth-order valence-electron chi connectivity index (χ4n) is 3.02. The van der Waals surface area contributed by atoms with E-state index in [1.807, 2.05) is 56.3 Å². The Kier molecular flexibility index (Phi) is 7.78. The highest BCUT2D eigenvalue weighted by Gasteiger charge is 2.16. The summed E-state index contributed by atoms with van der Waals surface area (Å²) in [5.41, 5.74) is 2.87. The van der Waals surface area contributed by atoms with E-state index in [-0.39, 0.29) is 17.1 Å². The molecule has 0 fully saturated rings. The molecule has 3 aromatic carbocycles. The number of thioether (sulfide) groups is 1. The Balaban J connectivity index is 1.59. The number of amides is 2. The minimum atomic E-state index is -0.334. The largest absolute Gasteiger partial charge is 0.497 e. The van der Waals surface area contributed by atoms with Gasteiger partial charge in [0.25, 0.3) is 5.91 Å². The third-order valence-corrected chi connectivity index (χ3v) is 5.91. The van der Waals surface area contributed by atoms with Crippen LogP contribution in [0.5, 0.6) is 11.5 Å². The molecule has 0 radical (unpaired) electrons. The SMILES string of the molecule is COc1cc(NC(=O)C(C)Sc2ccc(NC(=O)c3ccccc3C)cc2)cc(OC)c1. The van der Waals surface area contributed by atoms with Gasteiger partial charge < -0.3 is 20.1 Å². The average molecular weight is 451 g/mol. The number of carbonyl (C=O) groups is 2. The van der Waals surface area contributed by atoms with Crippen LogP contribution in [0.15, 0.2) is 71.6 Å². The summed E-state index contributed by atoms with van der Waals surface area (Å²) in [6.07, 6.45) is 0. The molecule has 0 aliphatic rings. The van der Waals surface area contributed by atoms with Crippen LogP contribution in [0.1, 0.15) is 22.8 Å². The van der Waals surface area contributed by atoms with Crippen LogP contribution in [0, 0.1) is 6.92 Å². The molecule has 32 heavy (non-hydrogen) atoms. The van der Waals surface area contributed by atoms with Gasteiger partial charge in [0.2, 0.25) is 5.91 Å². The molecule has 3 rings (SSSR count). The Morgan fingerprint density at radius 3 is 2.06 bits per heavy atom. The number of hydrogen-bond donors (Lipinski definition) is 2. The summed E-state index contributed by atoms with van der Waals surface area (Å²) in [6.45, 7) is 3.74. The van der Waals surface area contributed by atoms with E-state index in [0.29, 0.717) is 28.4 Å². The van der Waals surface area contributed by atoms with Crippen molar-refractivity contribution in [3.63, 3.8) is 0 Å².